The summed E-state index contributed by atoms with van der Waals surface area (Å²) in [6.45, 7) is 6.55. The number of nitrogens with one attached hydrogen (secondary N) is 2. The van der Waals surface area contributed by atoms with Crippen molar-refractivity contribution >= 4 is 11.8 Å². The van der Waals surface area contributed by atoms with E-state index in [4.69, 9.17) is 0 Å². The molecule has 0 spiro atoms. The van der Waals surface area contributed by atoms with E-state index in [0.29, 0.717) is 25.9 Å². The van der Waals surface area contributed by atoms with Gasteiger partial charge in [0.1, 0.15) is 5.69 Å². The van der Waals surface area contributed by atoms with Gasteiger partial charge in [0.15, 0.2) is 0 Å². The van der Waals surface area contributed by atoms with Crippen molar-refractivity contribution in [3.63, 3.8) is 0 Å². The van der Waals surface area contributed by atoms with Gasteiger partial charge in [-0.05, 0) is 26.3 Å². The SMILES string of the molecule is CCC(=O)N1CCC(NC(=O)c2cc(=O)n(-c3nc(C)cc(C)n3)[nH]2)C1. The van der Waals surface area contributed by atoms with Crippen molar-refractivity contribution < 1.29 is 9.59 Å². The molecule has 9 nitrogen and oxygen atoms in total. The van der Waals surface area contributed by atoms with Crippen molar-refractivity contribution in [1.29, 1.82) is 0 Å². The molecule has 138 valence electrons. The molecule has 2 amide bonds. The average Bonchev–Trinajstić information content (AvgIpc) is 3.20. The number of hydrogen-bond acceptors (Lipinski definition) is 5. The van der Waals surface area contributed by atoms with Gasteiger partial charge < -0.3 is 10.2 Å². The Morgan fingerprint density at radius 3 is 2.62 bits per heavy atom. The number of carbonyl (C=O) groups is 2. The van der Waals surface area contributed by atoms with Crippen LogP contribution < -0.4 is 10.9 Å². The maximum Gasteiger partial charge on any atom is 0.274 e. The summed E-state index contributed by atoms with van der Waals surface area (Å²) in [5, 5.41) is 5.62. The zero-order chi connectivity index (χ0) is 18.8. The Labute approximate surface area is 150 Å². The zero-order valence-corrected chi connectivity index (χ0v) is 15.1. The van der Waals surface area contributed by atoms with Gasteiger partial charge in [0.2, 0.25) is 5.91 Å². The highest BCUT2D eigenvalue weighted by Gasteiger charge is 2.27. The van der Waals surface area contributed by atoms with Gasteiger partial charge in [0, 0.05) is 43.0 Å². The van der Waals surface area contributed by atoms with Gasteiger partial charge in [-0.3, -0.25) is 19.5 Å². The van der Waals surface area contributed by atoms with E-state index in [9.17, 15) is 14.4 Å². The summed E-state index contributed by atoms with van der Waals surface area (Å²) in [5.41, 5.74) is 1.19. The Hall–Kier alpha value is -2.97. The van der Waals surface area contributed by atoms with Gasteiger partial charge in [-0.1, -0.05) is 6.92 Å². The van der Waals surface area contributed by atoms with Gasteiger partial charge in [-0.15, -0.1) is 0 Å². The Morgan fingerprint density at radius 1 is 1.27 bits per heavy atom. The molecule has 0 radical (unpaired) electrons. The Balaban J connectivity index is 1.74. The van der Waals surface area contributed by atoms with E-state index in [1.807, 2.05) is 20.8 Å². The van der Waals surface area contributed by atoms with E-state index in [2.05, 4.69) is 20.4 Å². The van der Waals surface area contributed by atoms with Crippen molar-refractivity contribution in [2.75, 3.05) is 13.1 Å². The maximum absolute atomic E-state index is 12.4. The van der Waals surface area contributed by atoms with Crippen molar-refractivity contribution in [2.24, 2.45) is 0 Å². The van der Waals surface area contributed by atoms with Crippen molar-refractivity contribution in [3.05, 3.63) is 39.6 Å². The highest BCUT2D eigenvalue weighted by molar-refractivity contribution is 5.92. The Kier molecular flexibility index (Phi) is 4.88. The van der Waals surface area contributed by atoms with Crippen LogP contribution >= 0.6 is 0 Å². The van der Waals surface area contributed by atoms with Gasteiger partial charge in [0.05, 0.1) is 0 Å². The van der Waals surface area contributed by atoms with Crippen molar-refractivity contribution in [2.45, 2.75) is 39.7 Å². The minimum absolute atomic E-state index is 0.0771. The number of likely N-dealkylation sites (tertiary alicyclic amines) is 1. The normalized spacial score (nSPS) is 16.7. The predicted octanol–water partition coefficient (Wildman–Crippen LogP) is 0.313. The minimum Gasteiger partial charge on any atom is -0.346 e. The number of hydrogen-bond donors (Lipinski definition) is 2. The molecule has 1 aliphatic heterocycles. The lowest BCUT2D eigenvalue weighted by Crippen LogP contribution is -2.38. The van der Waals surface area contributed by atoms with E-state index in [-0.39, 0.29) is 29.5 Å². The largest absolute Gasteiger partial charge is 0.346 e. The molecule has 2 aromatic heterocycles. The second-order valence-electron chi connectivity index (χ2n) is 6.45. The summed E-state index contributed by atoms with van der Waals surface area (Å²) >= 11 is 0. The fourth-order valence-corrected chi connectivity index (χ4v) is 3.06. The number of amides is 2. The third-order valence-electron chi connectivity index (χ3n) is 4.31. The monoisotopic (exact) mass is 358 g/mol. The summed E-state index contributed by atoms with van der Waals surface area (Å²) in [6, 6.07) is 2.90. The Morgan fingerprint density at radius 2 is 1.96 bits per heavy atom. The number of aromatic nitrogens is 4. The molecule has 1 saturated heterocycles. The van der Waals surface area contributed by atoms with Crippen LogP contribution in [0.3, 0.4) is 0 Å². The number of nitrogens with zero attached hydrogens (tertiary/aromatic N) is 4. The van der Waals surface area contributed by atoms with Crippen LogP contribution in [0.1, 0.15) is 41.6 Å². The number of aromatic amines is 1. The first kappa shape index (κ1) is 17.8. The fourth-order valence-electron chi connectivity index (χ4n) is 3.06. The first-order valence-electron chi connectivity index (χ1n) is 8.60. The van der Waals surface area contributed by atoms with Crippen LogP contribution in [0, 0.1) is 13.8 Å². The summed E-state index contributed by atoms with van der Waals surface area (Å²) in [7, 11) is 0. The highest BCUT2D eigenvalue weighted by atomic mass is 16.2. The molecule has 9 heteroatoms. The molecule has 26 heavy (non-hydrogen) atoms. The topological polar surface area (TPSA) is 113 Å². The first-order chi connectivity index (χ1) is 12.4. The second-order valence-corrected chi connectivity index (χ2v) is 6.45. The molecule has 0 bridgehead atoms. The van der Waals surface area contributed by atoms with E-state index < -0.39 is 5.56 Å². The van der Waals surface area contributed by atoms with Crippen LogP contribution in [0.5, 0.6) is 0 Å². The smallest absolute Gasteiger partial charge is 0.274 e. The lowest BCUT2D eigenvalue weighted by atomic mass is 10.2. The minimum atomic E-state index is -0.408. The van der Waals surface area contributed by atoms with Gasteiger partial charge >= 0.3 is 0 Å². The average molecular weight is 358 g/mol. The van der Waals surface area contributed by atoms with Crippen LogP contribution in [-0.2, 0) is 4.79 Å². The van der Waals surface area contributed by atoms with Crippen LogP contribution in [0.25, 0.3) is 5.95 Å². The third-order valence-corrected chi connectivity index (χ3v) is 4.31. The van der Waals surface area contributed by atoms with Crippen LogP contribution in [-0.4, -0.2) is 55.6 Å². The molecule has 2 aromatic rings. The molecule has 3 rings (SSSR count). The molecular formula is C17H22N6O3. The third kappa shape index (κ3) is 3.66. The number of aryl methyl sites for hydroxylation is 2. The molecule has 1 aliphatic rings. The molecule has 3 heterocycles. The fraction of sp³-hybridized carbons (Fsp3) is 0.471. The number of H-pyrrole nitrogens is 1. The van der Waals surface area contributed by atoms with Crippen LogP contribution in [0.2, 0.25) is 0 Å². The summed E-state index contributed by atoms with van der Waals surface area (Å²) in [6.07, 6.45) is 1.15. The van der Waals surface area contributed by atoms with Gasteiger partial charge in [-0.25, -0.2) is 9.97 Å². The van der Waals surface area contributed by atoms with E-state index in [0.717, 1.165) is 16.1 Å². The second kappa shape index (κ2) is 7.11. The molecule has 1 atom stereocenters. The summed E-state index contributed by atoms with van der Waals surface area (Å²) in [4.78, 5) is 46.6. The van der Waals surface area contributed by atoms with Gasteiger partial charge in [-0.2, -0.15) is 4.68 Å². The molecule has 0 aliphatic carbocycles. The Bertz CT molecular complexity index is 880. The van der Waals surface area contributed by atoms with Crippen LogP contribution in [0.15, 0.2) is 16.9 Å². The lowest BCUT2D eigenvalue weighted by Gasteiger charge is -2.16. The first-order valence-corrected chi connectivity index (χ1v) is 8.60. The molecule has 1 fully saturated rings. The maximum atomic E-state index is 12.4. The molecule has 0 aromatic carbocycles. The quantitative estimate of drug-likeness (QED) is 0.817. The molecule has 1 unspecified atom stereocenters. The highest BCUT2D eigenvalue weighted by Crippen LogP contribution is 2.11. The van der Waals surface area contributed by atoms with Crippen molar-refractivity contribution in [1.82, 2.24) is 30.0 Å². The lowest BCUT2D eigenvalue weighted by molar-refractivity contribution is -0.129. The van der Waals surface area contributed by atoms with Crippen molar-refractivity contribution in [3.8, 4) is 5.95 Å². The molecular weight excluding hydrogens is 336 g/mol. The summed E-state index contributed by atoms with van der Waals surface area (Å²) < 4.78 is 1.15. The van der Waals surface area contributed by atoms with E-state index in [1.54, 1.807) is 11.0 Å². The number of rotatable bonds is 4. The standard InChI is InChI=1S/C17H22N6O3/c1-4-14(24)22-6-5-12(9-22)20-16(26)13-8-15(25)23(21-13)17-18-10(2)7-11(3)19-17/h7-8,12,21H,4-6,9H2,1-3H3,(H,20,26). The van der Waals surface area contributed by atoms with E-state index >= 15 is 0 Å². The predicted molar refractivity (Wildman–Crippen MR) is 94.2 cm³/mol. The van der Waals surface area contributed by atoms with Gasteiger partial charge in [0.25, 0.3) is 17.4 Å². The number of carbonyl (C=O) groups excluding carboxylic acids is 2. The van der Waals surface area contributed by atoms with Crippen LogP contribution in [0.4, 0.5) is 0 Å². The summed E-state index contributed by atoms with van der Waals surface area (Å²) in [5.74, 6) is -0.110. The van der Waals surface area contributed by atoms with E-state index in [1.165, 1.54) is 6.07 Å². The molecule has 0 saturated carbocycles. The molecule has 2 N–H and O–H groups in total. The zero-order valence-electron chi connectivity index (χ0n) is 15.1.